The number of aliphatic carboxylic acids is 1. The molecule has 164 valence electrons. The number of carbonyl (C=O) groups excluding carboxylic acids is 1. The average Bonchev–Trinajstić information content (AvgIpc) is 3.43. The summed E-state index contributed by atoms with van der Waals surface area (Å²) in [5.74, 6) is -0.897. The minimum absolute atomic E-state index is 0.103. The number of benzene rings is 2. The van der Waals surface area contributed by atoms with Crippen LogP contribution in [0.15, 0.2) is 48.5 Å². The highest BCUT2D eigenvalue weighted by atomic mass is 16.7. The Balaban J connectivity index is 1.36. The molecule has 31 heavy (non-hydrogen) atoms. The number of nitrogens with one attached hydrogen (secondary N) is 1. The fraction of sp³-hybridized carbons (Fsp3) is 0.417. The number of unbranched alkanes of at least 4 members (excludes halogenated alkanes) is 1. The van der Waals surface area contributed by atoms with Gasteiger partial charge in [0.05, 0.1) is 19.8 Å². The third-order valence-corrected chi connectivity index (χ3v) is 5.83. The number of ether oxygens (including phenoxy) is 3. The summed E-state index contributed by atoms with van der Waals surface area (Å²) in [5, 5.41) is 12.7. The van der Waals surface area contributed by atoms with Crippen molar-refractivity contribution in [2.45, 2.75) is 43.9 Å². The summed E-state index contributed by atoms with van der Waals surface area (Å²) in [5.41, 5.74) is 0.569. The normalized spacial score (nSPS) is 20.4. The van der Waals surface area contributed by atoms with E-state index in [0.717, 1.165) is 24.8 Å². The molecule has 0 radical (unpaired) electrons. The molecule has 0 saturated carbocycles. The molecule has 0 aromatic heterocycles. The van der Waals surface area contributed by atoms with Gasteiger partial charge in [0.2, 0.25) is 0 Å². The molecule has 1 heterocycles. The van der Waals surface area contributed by atoms with Crippen molar-refractivity contribution in [3.63, 3.8) is 0 Å². The number of rotatable bonds is 9. The Morgan fingerprint density at radius 3 is 2.71 bits per heavy atom. The quantitative estimate of drug-likeness (QED) is 0.599. The summed E-state index contributed by atoms with van der Waals surface area (Å²) in [4.78, 5) is 25.1. The fourth-order valence-corrected chi connectivity index (χ4v) is 4.19. The van der Waals surface area contributed by atoms with E-state index in [0.29, 0.717) is 49.5 Å². The molecule has 1 amide bonds. The lowest BCUT2D eigenvalue weighted by Crippen LogP contribution is -2.50. The van der Waals surface area contributed by atoms with E-state index in [2.05, 4.69) is 5.32 Å². The van der Waals surface area contributed by atoms with E-state index in [9.17, 15) is 14.7 Å². The van der Waals surface area contributed by atoms with E-state index < -0.39 is 17.4 Å². The van der Waals surface area contributed by atoms with Gasteiger partial charge in [-0.05, 0) is 61.4 Å². The number of amides is 1. The second-order valence-electron chi connectivity index (χ2n) is 7.86. The van der Waals surface area contributed by atoms with E-state index in [-0.39, 0.29) is 6.29 Å². The second kappa shape index (κ2) is 9.49. The van der Waals surface area contributed by atoms with Gasteiger partial charge in [-0.25, -0.2) is 4.79 Å². The second-order valence-corrected chi connectivity index (χ2v) is 7.86. The monoisotopic (exact) mass is 425 g/mol. The SMILES string of the molecule is O=C(NC1(C(=O)O)CCc2ccccc21)c1cccc(OCCCCC2OCCO2)c1. The van der Waals surface area contributed by atoms with Crippen molar-refractivity contribution < 1.29 is 28.9 Å². The maximum Gasteiger partial charge on any atom is 0.334 e. The molecule has 7 heteroatoms. The first kappa shape index (κ1) is 21.3. The molecular formula is C24H27NO6. The van der Waals surface area contributed by atoms with Gasteiger partial charge in [-0.3, -0.25) is 4.79 Å². The van der Waals surface area contributed by atoms with Gasteiger partial charge in [0, 0.05) is 5.56 Å². The van der Waals surface area contributed by atoms with Crippen LogP contribution < -0.4 is 10.1 Å². The number of carboxylic acid groups (broad SMARTS) is 1. The Bertz CT molecular complexity index is 939. The first-order valence-corrected chi connectivity index (χ1v) is 10.7. The van der Waals surface area contributed by atoms with Crippen LogP contribution in [0.3, 0.4) is 0 Å². The highest BCUT2D eigenvalue weighted by Gasteiger charge is 2.46. The lowest BCUT2D eigenvalue weighted by atomic mass is 9.91. The topological polar surface area (TPSA) is 94.1 Å². The van der Waals surface area contributed by atoms with Crippen molar-refractivity contribution in [3.8, 4) is 5.75 Å². The summed E-state index contributed by atoms with van der Waals surface area (Å²) < 4.78 is 16.6. The fourth-order valence-electron chi connectivity index (χ4n) is 4.19. The Morgan fingerprint density at radius 1 is 1.10 bits per heavy atom. The van der Waals surface area contributed by atoms with Crippen LogP contribution in [0.5, 0.6) is 5.75 Å². The van der Waals surface area contributed by atoms with Crippen molar-refractivity contribution in [2.75, 3.05) is 19.8 Å². The molecule has 2 aromatic carbocycles. The molecule has 1 fully saturated rings. The zero-order valence-corrected chi connectivity index (χ0v) is 17.3. The first-order chi connectivity index (χ1) is 15.1. The Morgan fingerprint density at radius 2 is 1.90 bits per heavy atom. The van der Waals surface area contributed by atoms with Crippen molar-refractivity contribution in [1.82, 2.24) is 5.32 Å². The van der Waals surface area contributed by atoms with Gasteiger partial charge < -0.3 is 24.6 Å². The Kier molecular flexibility index (Phi) is 6.53. The van der Waals surface area contributed by atoms with Crippen LogP contribution in [0, 0.1) is 0 Å². The first-order valence-electron chi connectivity index (χ1n) is 10.7. The third kappa shape index (κ3) is 4.73. The highest BCUT2D eigenvalue weighted by Crippen LogP contribution is 2.37. The molecule has 4 rings (SSSR count). The number of fused-ring (bicyclic) bond motifs is 1. The number of hydrogen-bond donors (Lipinski definition) is 2. The number of aryl methyl sites for hydroxylation is 1. The van der Waals surface area contributed by atoms with Gasteiger partial charge in [0.1, 0.15) is 5.75 Å². The summed E-state index contributed by atoms with van der Waals surface area (Å²) in [6.07, 6.45) is 3.45. The van der Waals surface area contributed by atoms with Gasteiger partial charge in [0.15, 0.2) is 11.8 Å². The number of hydrogen-bond acceptors (Lipinski definition) is 5. The van der Waals surface area contributed by atoms with Crippen molar-refractivity contribution in [2.24, 2.45) is 0 Å². The van der Waals surface area contributed by atoms with E-state index in [1.54, 1.807) is 36.4 Å². The molecule has 0 spiro atoms. The predicted molar refractivity (Wildman–Crippen MR) is 113 cm³/mol. The molecule has 0 bridgehead atoms. The van der Waals surface area contributed by atoms with Crippen LogP contribution in [0.2, 0.25) is 0 Å². The molecule has 7 nitrogen and oxygen atoms in total. The van der Waals surface area contributed by atoms with Gasteiger partial charge in [0.25, 0.3) is 5.91 Å². The third-order valence-electron chi connectivity index (χ3n) is 5.83. The minimum atomic E-state index is -1.41. The minimum Gasteiger partial charge on any atom is -0.494 e. The lowest BCUT2D eigenvalue weighted by Gasteiger charge is -2.27. The van der Waals surface area contributed by atoms with Crippen LogP contribution in [0.1, 0.15) is 47.2 Å². The molecule has 2 N–H and O–H groups in total. The van der Waals surface area contributed by atoms with Crippen molar-refractivity contribution in [1.29, 1.82) is 0 Å². The summed E-state index contributed by atoms with van der Waals surface area (Å²) in [7, 11) is 0. The van der Waals surface area contributed by atoms with Gasteiger partial charge in [-0.1, -0.05) is 30.3 Å². The lowest BCUT2D eigenvalue weighted by molar-refractivity contribution is -0.144. The Labute approximate surface area is 181 Å². The van der Waals surface area contributed by atoms with E-state index >= 15 is 0 Å². The van der Waals surface area contributed by atoms with Crippen LogP contribution in [0.25, 0.3) is 0 Å². The molecule has 1 aliphatic carbocycles. The zero-order valence-electron chi connectivity index (χ0n) is 17.3. The number of carbonyl (C=O) groups is 2. The van der Waals surface area contributed by atoms with E-state index in [1.165, 1.54) is 0 Å². The van der Waals surface area contributed by atoms with E-state index in [1.807, 2.05) is 12.1 Å². The van der Waals surface area contributed by atoms with Crippen LogP contribution in [-0.4, -0.2) is 43.1 Å². The van der Waals surface area contributed by atoms with Crippen LogP contribution in [0.4, 0.5) is 0 Å². The Hall–Kier alpha value is -2.90. The molecule has 1 unspecified atom stereocenters. The molecule has 1 atom stereocenters. The van der Waals surface area contributed by atoms with Gasteiger partial charge >= 0.3 is 5.97 Å². The summed E-state index contributed by atoms with van der Waals surface area (Å²) >= 11 is 0. The van der Waals surface area contributed by atoms with Crippen molar-refractivity contribution >= 4 is 11.9 Å². The summed E-state index contributed by atoms with van der Waals surface area (Å²) in [6, 6.07) is 14.2. The predicted octanol–water partition coefficient (Wildman–Crippen LogP) is 3.26. The van der Waals surface area contributed by atoms with Crippen molar-refractivity contribution in [3.05, 3.63) is 65.2 Å². The molecule has 2 aromatic rings. The van der Waals surface area contributed by atoms with Gasteiger partial charge in [-0.2, -0.15) is 0 Å². The zero-order chi connectivity index (χ0) is 21.7. The van der Waals surface area contributed by atoms with Crippen LogP contribution in [-0.2, 0) is 26.2 Å². The number of carboxylic acids is 1. The van der Waals surface area contributed by atoms with Crippen LogP contribution >= 0.6 is 0 Å². The molecule has 2 aliphatic rings. The summed E-state index contributed by atoms with van der Waals surface area (Å²) in [6.45, 7) is 1.83. The molecular weight excluding hydrogens is 398 g/mol. The molecule has 1 aliphatic heterocycles. The average molecular weight is 425 g/mol. The molecule has 1 saturated heterocycles. The van der Waals surface area contributed by atoms with Gasteiger partial charge in [-0.15, -0.1) is 0 Å². The van der Waals surface area contributed by atoms with E-state index in [4.69, 9.17) is 14.2 Å². The maximum atomic E-state index is 12.9. The smallest absolute Gasteiger partial charge is 0.334 e. The maximum absolute atomic E-state index is 12.9. The highest BCUT2D eigenvalue weighted by molar-refractivity contribution is 5.99. The standard InChI is InChI=1S/C24H27NO6/c26-22(25-24(23(27)28)12-11-17-6-1-2-9-20(17)24)18-7-5-8-19(16-18)29-13-4-3-10-21-30-14-15-31-21/h1-2,5-9,16,21H,3-4,10-15H2,(H,25,26)(H,27,28). The largest absolute Gasteiger partial charge is 0.494 e.